The SMILES string of the molecule is Cc1cc(C(=O)N2CCOCC2CC(=O)O)n[nH]1. The van der Waals surface area contributed by atoms with Gasteiger partial charge in [-0.1, -0.05) is 0 Å². The van der Waals surface area contributed by atoms with Gasteiger partial charge in [-0.15, -0.1) is 0 Å². The summed E-state index contributed by atoms with van der Waals surface area (Å²) < 4.78 is 5.22. The van der Waals surface area contributed by atoms with Crippen LogP contribution < -0.4 is 0 Å². The van der Waals surface area contributed by atoms with E-state index in [1.54, 1.807) is 13.0 Å². The number of carboxylic acid groups (broad SMARTS) is 1. The van der Waals surface area contributed by atoms with E-state index in [4.69, 9.17) is 9.84 Å². The minimum atomic E-state index is -0.943. The smallest absolute Gasteiger partial charge is 0.305 e. The van der Waals surface area contributed by atoms with Crippen LogP contribution in [0.5, 0.6) is 0 Å². The molecule has 1 fully saturated rings. The Morgan fingerprint density at radius 1 is 1.67 bits per heavy atom. The van der Waals surface area contributed by atoms with Gasteiger partial charge in [-0.2, -0.15) is 5.10 Å². The number of aryl methyl sites for hydroxylation is 1. The van der Waals surface area contributed by atoms with Gasteiger partial charge in [-0.25, -0.2) is 0 Å². The summed E-state index contributed by atoms with van der Waals surface area (Å²) in [5.74, 6) is -1.20. The first-order valence-electron chi connectivity index (χ1n) is 5.70. The lowest BCUT2D eigenvalue weighted by Gasteiger charge is -2.34. The molecule has 98 valence electrons. The molecular formula is C11H15N3O4. The van der Waals surface area contributed by atoms with Crippen molar-refractivity contribution in [3.63, 3.8) is 0 Å². The molecule has 18 heavy (non-hydrogen) atoms. The van der Waals surface area contributed by atoms with Gasteiger partial charge >= 0.3 is 5.97 Å². The fourth-order valence-electron chi connectivity index (χ4n) is 1.97. The Morgan fingerprint density at radius 2 is 2.44 bits per heavy atom. The van der Waals surface area contributed by atoms with Crippen LogP contribution in [0.2, 0.25) is 0 Å². The molecule has 7 heteroatoms. The van der Waals surface area contributed by atoms with E-state index < -0.39 is 12.0 Å². The van der Waals surface area contributed by atoms with Crippen LogP contribution in [0.1, 0.15) is 22.6 Å². The minimum Gasteiger partial charge on any atom is -0.481 e. The quantitative estimate of drug-likeness (QED) is 0.792. The molecule has 7 nitrogen and oxygen atoms in total. The molecule has 1 amide bonds. The number of rotatable bonds is 3. The van der Waals surface area contributed by atoms with Crippen molar-refractivity contribution in [3.8, 4) is 0 Å². The molecule has 0 bridgehead atoms. The number of carbonyl (C=O) groups excluding carboxylic acids is 1. The van der Waals surface area contributed by atoms with Crippen molar-refractivity contribution in [1.82, 2.24) is 15.1 Å². The number of ether oxygens (including phenoxy) is 1. The number of H-pyrrole nitrogens is 1. The Kier molecular flexibility index (Phi) is 3.61. The van der Waals surface area contributed by atoms with Gasteiger partial charge in [0, 0.05) is 12.2 Å². The Bertz CT molecular complexity index is 457. The summed E-state index contributed by atoms with van der Waals surface area (Å²) in [5.41, 5.74) is 1.10. The maximum atomic E-state index is 12.2. The van der Waals surface area contributed by atoms with E-state index in [0.717, 1.165) is 5.69 Å². The number of nitrogens with one attached hydrogen (secondary N) is 1. The Hall–Kier alpha value is -1.89. The number of aliphatic carboxylic acids is 1. The lowest BCUT2D eigenvalue weighted by Crippen LogP contribution is -2.49. The number of morpholine rings is 1. The van der Waals surface area contributed by atoms with Gasteiger partial charge in [-0.3, -0.25) is 14.7 Å². The number of aromatic nitrogens is 2. The predicted octanol–water partition coefficient (Wildman–Crippen LogP) is 0.0338. The first-order valence-corrected chi connectivity index (χ1v) is 5.70. The Balaban J connectivity index is 2.13. The van der Waals surface area contributed by atoms with Crippen molar-refractivity contribution in [1.29, 1.82) is 0 Å². The zero-order chi connectivity index (χ0) is 13.1. The molecule has 1 unspecified atom stereocenters. The minimum absolute atomic E-state index is 0.116. The van der Waals surface area contributed by atoms with Crippen LogP contribution in [0.3, 0.4) is 0 Å². The van der Waals surface area contributed by atoms with E-state index in [1.807, 2.05) is 0 Å². The summed E-state index contributed by atoms with van der Waals surface area (Å²) in [6, 6.07) is 1.22. The van der Waals surface area contributed by atoms with Crippen LogP contribution in [-0.4, -0.2) is 57.9 Å². The third kappa shape index (κ3) is 2.67. The monoisotopic (exact) mass is 253 g/mol. The molecular weight excluding hydrogens is 238 g/mol. The number of carboxylic acids is 1. The number of aromatic amines is 1. The largest absolute Gasteiger partial charge is 0.481 e. The van der Waals surface area contributed by atoms with Crippen molar-refractivity contribution in [3.05, 3.63) is 17.5 Å². The standard InChI is InChI=1S/C11H15N3O4/c1-7-4-9(13-12-7)11(17)14-2-3-18-6-8(14)5-10(15)16/h4,8H,2-3,5-6H2,1H3,(H,12,13)(H,15,16). The van der Waals surface area contributed by atoms with Crippen molar-refractivity contribution in [2.45, 2.75) is 19.4 Å². The van der Waals surface area contributed by atoms with E-state index >= 15 is 0 Å². The van der Waals surface area contributed by atoms with Gasteiger partial charge in [0.1, 0.15) is 5.69 Å². The fraction of sp³-hybridized carbons (Fsp3) is 0.545. The lowest BCUT2D eigenvalue weighted by atomic mass is 10.1. The highest BCUT2D eigenvalue weighted by Crippen LogP contribution is 2.14. The fourth-order valence-corrected chi connectivity index (χ4v) is 1.97. The third-order valence-corrected chi connectivity index (χ3v) is 2.82. The predicted molar refractivity (Wildman–Crippen MR) is 61.2 cm³/mol. The molecule has 1 atom stereocenters. The average molecular weight is 253 g/mol. The highest BCUT2D eigenvalue weighted by Gasteiger charge is 2.30. The van der Waals surface area contributed by atoms with Crippen LogP contribution in [0, 0.1) is 6.92 Å². The topological polar surface area (TPSA) is 95.5 Å². The van der Waals surface area contributed by atoms with Gasteiger partial charge in [0.2, 0.25) is 0 Å². The molecule has 0 saturated carbocycles. The second-order valence-corrected chi connectivity index (χ2v) is 4.26. The molecule has 2 rings (SSSR count). The van der Waals surface area contributed by atoms with Crippen molar-refractivity contribution >= 4 is 11.9 Å². The van der Waals surface area contributed by atoms with Gasteiger partial charge in [0.15, 0.2) is 0 Å². The highest BCUT2D eigenvalue weighted by molar-refractivity contribution is 5.93. The van der Waals surface area contributed by atoms with Crippen molar-refractivity contribution in [2.24, 2.45) is 0 Å². The van der Waals surface area contributed by atoms with Gasteiger partial charge in [0.25, 0.3) is 5.91 Å². The molecule has 1 aromatic rings. The van der Waals surface area contributed by atoms with Crippen molar-refractivity contribution < 1.29 is 19.4 Å². The molecule has 0 spiro atoms. The first-order chi connectivity index (χ1) is 8.58. The zero-order valence-corrected chi connectivity index (χ0v) is 10.0. The first kappa shape index (κ1) is 12.6. The number of carbonyl (C=O) groups is 2. The van der Waals surface area contributed by atoms with E-state index in [-0.39, 0.29) is 18.9 Å². The van der Waals surface area contributed by atoms with Crippen LogP contribution >= 0.6 is 0 Å². The number of hydrogen-bond acceptors (Lipinski definition) is 4. The summed E-state index contributed by atoms with van der Waals surface area (Å²) in [7, 11) is 0. The van der Waals surface area contributed by atoms with Crippen LogP contribution in [-0.2, 0) is 9.53 Å². The third-order valence-electron chi connectivity index (χ3n) is 2.82. The maximum absolute atomic E-state index is 12.2. The molecule has 0 aliphatic carbocycles. The molecule has 0 radical (unpaired) electrons. The van der Waals surface area contributed by atoms with Gasteiger partial charge < -0.3 is 14.7 Å². The summed E-state index contributed by atoms with van der Waals surface area (Å²) in [5, 5.41) is 15.4. The number of nitrogens with zero attached hydrogens (tertiary/aromatic N) is 2. The van der Waals surface area contributed by atoms with Crippen molar-refractivity contribution in [2.75, 3.05) is 19.8 Å². The average Bonchev–Trinajstić information content (AvgIpc) is 2.75. The Labute approximate surface area is 104 Å². The molecule has 1 aliphatic rings. The second kappa shape index (κ2) is 5.18. The second-order valence-electron chi connectivity index (χ2n) is 4.26. The summed E-state index contributed by atoms with van der Waals surface area (Å²) in [4.78, 5) is 24.5. The van der Waals surface area contributed by atoms with Crippen LogP contribution in [0.25, 0.3) is 0 Å². The van der Waals surface area contributed by atoms with E-state index in [1.165, 1.54) is 4.90 Å². The zero-order valence-electron chi connectivity index (χ0n) is 10.0. The molecule has 2 N–H and O–H groups in total. The highest BCUT2D eigenvalue weighted by atomic mass is 16.5. The van der Waals surface area contributed by atoms with E-state index in [2.05, 4.69) is 10.2 Å². The molecule has 2 heterocycles. The summed E-state index contributed by atoms with van der Waals surface area (Å²) in [6.45, 7) is 2.87. The normalized spacial score (nSPS) is 19.8. The molecule has 0 aromatic carbocycles. The number of amides is 1. The lowest BCUT2D eigenvalue weighted by molar-refractivity contribution is -0.139. The van der Waals surface area contributed by atoms with Gasteiger partial charge in [0.05, 0.1) is 25.7 Å². The van der Waals surface area contributed by atoms with Crippen LogP contribution in [0.15, 0.2) is 6.07 Å². The maximum Gasteiger partial charge on any atom is 0.305 e. The molecule has 1 saturated heterocycles. The summed E-state index contributed by atoms with van der Waals surface area (Å²) >= 11 is 0. The van der Waals surface area contributed by atoms with E-state index in [9.17, 15) is 9.59 Å². The van der Waals surface area contributed by atoms with Gasteiger partial charge in [-0.05, 0) is 13.0 Å². The summed E-state index contributed by atoms with van der Waals surface area (Å²) in [6.07, 6.45) is -0.116. The number of hydrogen-bond donors (Lipinski definition) is 2. The Morgan fingerprint density at radius 3 is 3.06 bits per heavy atom. The van der Waals surface area contributed by atoms with Crippen LogP contribution in [0.4, 0.5) is 0 Å². The van der Waals surface area contributed by atoms with E-state index in [0.29, 0.717) is 18.8 Å². The molecule has 1 aromatic heterocycles. The molecule has 1 aliphatic heterocycles.